The van der Waals surface area contributed by atoms with Crippen molar-refractivity contribution in [3.8, 4) is 0 Å². The predicted molar refractivity (Wildman–Crippen MR) is 74.8 cm³/mol. The van der Waals surface area contributed by atoms with Crippen molar-refractivity contribution in [2.75, 3.05) is 31.5 Å². The van der Waals surface area contributed by atoms with E-state index in [2.05, 4.69) is 10.2 Å². The Morgan fingerprint density at radius 3 is 2.47 bits per heavy atom. The monoisotopic (exact) mass is 252 g/mol. The molecule has 0 aromatic heterocycles. The Kier molecular flexibility index (Phi) is 5.14. The molecule has 17 heavy (non-hydrogen) atoms. The molecule has 2 rings (SSSR count). The molecule has 1 aromatic carbocycles. The summed E-state index contributed by atoms with van der Waals surface area (Å²) in [6.07, 6.45) is 5.39. The number of rotatable bonds is 5. The van der Waals surface area contributed by atoms with Gasteiger partial charge in [-0.1, -0.05) is 18.0 Å². The van der Waals surface area contributed by atoms with Crippen LogP contribution in [0.3, 0.4) is 0 Å². The van der Waals surface area contributed by atoms with Crippen LogP contribution in [0.15, 0.2) is 24.3 Å². The van der Waals surface area contributed by atoms with E-state index in [9.17, 15) is 0 Å². The molecule has 3 heteroatoms. The summed E-state index contributed by atoms with van der Waals surface area (Å²) in [6, 6.07) is 7.91. The summed E-state index contributed by atoms with van der Waals surface area (Å²) in [5.74, 6) is 0. The van der Waals surface area contributed by atoms with Gasteiger partial charge in [-0.15, -0.1) is 0 Å². The van der Waals surface area contributed by atoms with Crippen molar-refractivity contribution in [1.29, 1.82) is 0 Å². The molecule has 0 saturated carbocycles. The zero-order valence-electron chi connectivity index (χ0n) is 10.3. The third-order valence-corrected chi connectivity index (χ3v) is 3.53. The SMILES string of the molecule is Clc1ccc(NCCCN2CCCCC2)cc1. The zero-order chi connectivity index (χ0) is 11.9. The number of likely N-dealkylation sites (tertiary alicyclic amines) is 1. The summed E-state index contributed by atoms with van der Waals surface area (Å²) in [4.78, 5) is 2.58. The second-order valence-corrected chi connectivity index (χ2v) is 5.13. The molecular formula is C14H21ClN2. The van der Waals surface area contributed by atoms with Gasteiger partial charge in [-0.25, -0.2) is 0 Å². The van der Waals surface area contributed by atoms with Crippen molar-refractivity contribution in [3.63, 3.8) is 0 Å². The average molecular weight is 253 g/mol. The highest BCUT2D eigenvalue weighted by Gasteiger charge is 2.08. The molecule has 1 aliphatic rings. The van der Waals surface area contributed by atoms with Crippen LogP contribution in [0.5, 0.6) is 0 Å². The van der Waals surface area contributed by atoms with Crippen LogP contribution >= 0.6 is 11.6 Å². The molecule has 1 aromatic rings. The number of nitrogens with one attached hydrogen (secondary N) is 1. The summed E-state index contributed by atoms with van der Waals surface area (Å²) < 4.78 is 0. The van der Waals surface area contributed by atoms with Gasteiger partial charge < -0.3 is 10.2 Å². The molecule has 0 unspecified atom stereocenters. The van der Waals surface area contributed by atoms with Crippen LogP contribution in [-0.2, 0) is 0 Å². The fourth-order valence-electron chi connectivity index (χ4n) is 2.29. The molecule has 0 radical (unpaired) electrons. The van der Waals surface area contributed by atoms with E-state index < -0.39 is 0 Å². The first-order chi connectivity index (χ1) is 8.34. The minimum Gasteiger partial charge on any atom is -0.385 e. The largest absolute Gasteiger partial charge is 0.385 e. The highest BCUT2D eigenvalue weighted by molar-refractivity contribution is 6.30. The van der Waals surface area contributed by atoms with Crippen LogP contribution < -0.4 is 5.32 Å². The van der Waals surface area contributed by atoms with Gasteiger partial charge in [0.1, 0.15) is 0 Å². The summed E-state index contributed by atoms with van der Waals surface area (Å²) >= 11 is 5.84. The topological polar surface area (TPSA) is 15.3 Å². The summed E-state index contributed by atoms with van der Waals surface area (Å²) in [5.41, 5.74) is 1.16. The third-order valence-electron chi connectivity index (χ3n) is 3.27. The minimum absolute atomic E-state index is 0.795. The van der Waals surface area contributed by atoms with Crippen LogP contribution in [0.25, 0.3) is 0 Å². The second kappa shape index (κ2) is 6.87. The van der Waals surface area contributed by atoms with Gasteiger partial charge >= 0.3 is 0 Å². The Balaban J connectivity index is 1.60. The van der Waals surface area contributed by atoms with Gasteiger partial charge in [0.2, 0.25) is 0 Å². The van der Waals surface area contributed by atoms with Crippen molar-refractivity contribution >= 4 is 17.3 Å². The lowest BCUT2D eigenvalue weighted by Gasteiger charge is -2.26. The van der Waals surface area contributed by atoms with Crippen LogP contribution in [0.2, 0.25) is 5.02 Å². The van der Waals surface area contributed by atoms with Gasteiger partial charge in [0.05, 0.1) is 0 Å². The molecule has 1 fully saturated rings. The molecule has 1 heterocycles. The predicted octanol–water partition coefficient (Wildman–Crippen LogP) is 3.63. The van der Waals surface area contributed by atoms with Crippen molar-refractivity contribution in [3.05, 3.63) is 29.3 Å². The highest BCUT2D eigenvalue weighted by atomic mass is 35.5. The lowest BCUT2D eigenvalue weighted by atomic mass is 10.1. The summed E-state index contributed by atoms with van der Waals surface area (Å²) in [7, 11) is 0. The molecule has 1 saturated heterocycles. The van der Waals surface area contributed by atoms with Crippen molar-refractivity contribution in [1.82, 2.24) is 4.90 Å². The maximum atomic E-state index is 5.84. The Bertz CT molecular complexity index is 317. The van der Waals surface area contributed by atoms with E-state index in [0.717, 1.165) is 17.3 Å². The first-order valence-electron chi connectivity index (χ1n) is 6.56. The smallest absolute Gasteiger partial charge is 0.0407 e. The molecule has 1 aliphatic heterocycles. The molecular weight excluding hydrogens is 232 g/mol. The van der Waals surface area contributed by atoms with Gasteiger partial charge in [-0.3, -0.25) is 0 Å². The third kappa shape index (κ3) is 4.57. The Morgan fingerprint density at radius 2 is 1.76 bits per heavy atom. The molecule has 94 valence electrons. The standard InChI is InChI=1S/C14H21ClN2/c15-13-5-7-14(8-6-13)16-9-4-12-17-10-2-1-3-11-17/h5-8,16H,1-4,9-12H2. The number of hydrogen-bond donors (Lipinski definition) is 1. The Hall–Kier alpha value is -0.730. The Morgan fingerprint density at radius 1 is 1.06 bits per heavy atom. The van der Waals surface area contributed by atoms with Crippen molar-refractivity contribution in [2.24, 2.45) is 0 Å². The van der Waals surface area contributed by atoms with E-state index in [0.29, 0.717) is 0 Å². The first kappa shape index (κ1) is 12.7. The fraction of sp³-hybridized carbons (Fsp3) is 0.571. The molecule has 0 amide bonds. The lowest BCUT2D eigenvalue weighted by molar-refractivity contribution is 0.228. The van der Waals surface area contributed by atoms with E-state index in [4.69, 9.17) is 11.6 Å². The molecule has 0 aliphatic carbocycles. The molecule has 0 atom stereocenters. The maximum absolute atomic E-state index is 5.84. The quantitative estimate of drug-likeness (QED) is 0.806. The fourth-order valence-corrected chi connectivity index (χ4v) is 2.41. The maximum Gasteiger partial charge on any atom is 0.0407 e. The number of nitrogens with zero attached hydrogens (tertiary/aromatic N) is 1. The van der Waals surface area contributed by atoms with Gasteiger partial charge in [0.25, 0.3) is 0 Å². The van der Waals surface area contributed by atoms with Crippen LogP contribution in [0.1, 0.15) is 25.7 Å². The van der Waals surface area contributed by atoms with E-state index in [-0.39, 0.29) is 0 Å². The van der Waals surface area contributed by atoms with E-state index in [1.807, 2.05) is 24.3 Å². The summed E-state index contributed by atoms with van der Waals surface area (Å²) in [6.45, 7) is 4.85. The van der Waals surface area contributed by atoms with Crippen LogP contribution in [-0.4, -0.2) is 31.1 Å². The number of benzene rings is 1. The minimum atomic E-state index is 0.795. The van der Waals surface area contributed by atoms with Gasteiger partial charge in [-0.2, -0.15) is 0 Å². The Labute approximate surface area is 109 Å². The van der Waals surface area contributed by atoms with E-state index in [1.165, 1.54) is 45.3 Å². The normalized spacial score (nSPS) is 17.0. The lowest BCUT2D eigenvalue weighted by Crippen LogP contribution is -2.31. The molecule has 2 nitrogen and oxygen atoms in total. The van der Waals surface area contributed by atoms with E-state index in [1.54, 1.807) is 0 Å². The molecule has 0 spiro atoms. The number of hydrogen-bond acceptors (Lipinski definition) is 2. The van der Waals surface area contributed by atoms with Crippen LogP contribution in [0, 0.1) is 0 Å². The molecule has 1 N–H and O–H groups in total. The highest BCUT2D eigenvalue weighted by Crippen LogP contribution is 2.13. The van der Waals surface area contributed by atoms with Gasteiger partial charge in [-0.05, 0) is 63.2 Å². The summed E-state index contributed by atoms with van der Waals surface area (Å²) in [5, 5.41) is 4.22. The zero-order valence-corrected chi connectivity index (χ0v) is 11.0. The average Bonchev–Trinajstić information content (AvgIpc) is 2.38. The van der Waals surface area contributed by atoms with Gasteiger partial charge in [0.15, 0.2) is 0 Å². The number of anilines is 1. The second-order valence-electron chi connectivity index (χ2n) is 4.69. The molecule has 0 bridgehead atoms. The first-order valence-corrected chi connectivity index (χ1v) is 6.94. The van der Waals surface area contributed by atoms with Crippen molar-refractivity contribution < 1.29 is 0 Å². The van der Waals surface area contributed by atoms with Crippen molar-refractivity contribution in [2.45, 2.75) is 25.7 Å². The van der Waals surface area contributed by atoms with Crippen LogP contribution in [0.4, 0.5) is 5.69 Å². The van der Waals surface area contributed by atoms with Gasteiger partial charge in [0, 0.05) is 17.3 Å². The number of halogens is 1. The number of piperidine rings is 1. The van der Waals surface area contributed by atoms with E-state index >= 15 is 0 Å².